The molecule has 2 heteroatoms. The molecule has 0 aliphatic carbocycles. The highest BCUT2D eigenvalue weighted by Crippen LogP contribution is 2.46. The van der Waals surface area contributed by atoms with Crippen LogP contribution in [0.3, 0.4) is 0 Å². The molecule has 0 N–H and O–H groups in total. The van der Waals surface area contributed by atoms with E-state index in [1.54, 1.807) is 0 Å². The Morgan fingerprint density at radius 3 is 1.36 bits per heavy atom. The number of hydrogen-bond donors (Lipinski definition) is 0. The maximum absolute atomic E-state index is 2.43. The van der Waals surface area contributed by atoms with Gasteiger partial charge in [0.25, 0.3) is 0 Å². The fourth-order valence-corrected chi connectivity index (χ4v) is 9.15. The van der Waals surface area contributed by atoms with Crippen LogP contribution in [0.4, 0.5) is 17.1 Å². The molecule has 0 aliphatic rings. The lowest BCUT2D eigenvalue weighted by atomic mass is 9.88. The molecular formula is C54H37NS. The number of nitrogens with zero attached hydrogens (tertiary/aromatic N) is 1. The summed E-state index contributed by atoms with van der Waals surface area (Å²) in [6, 6.07) is 81.3. The Labute approximate surface area is 332 Å². The lowest BCUT2D eigenvalue weighted by Crippen LogP contribution is -2.11. The second kappa shape index (κ2) is 14.7. The molecule has 264 valence electrons. The first-order valence-electron chi connectivity index (χ1n) is 19.1. The molecule has 10 aromatic rings. The number of rotatable bonds is 8. The van der Waals surface area contributed by atoms with Crippen LogP contribution in [-0.4, -0.2) is 0 Å². The molecule has 56 heavy (non-hydrogen) atoms. The summed E-state index contributed by atoms with van der Waals surface area (Å²) in [6.45, 7) is 0. The molecule has 0 saturated heterocycles. The standard InChI is InChI=1S/C54H37NS/c1-3-15-38(16-4-1)39-27-29-40(30-28-39)41-31-33-43(34-32-41)55(44-35-36-51-50-24-12-14-26-53(50)56-54(51)37-44)52-25-13-11-23-49(52)48-22-10-9-21-47(48)46-20-8-7-19-45(46)42-17-5-2-6-18-42/h1-37H. The Kier molecular flexibility index (Phi) is 8.79. The van der Waals surface area contributed by atoms with Gasteiger partial charge in [-0.15, -0.1) is 11.3 Å². The van der Waals surface area contributed by atoms with Crippen LogP contribution in [0.15, 0.2) is 224 Å². The quantitative estimate of drug-likeness (QED) is 0.150. The molecule has 0 radical (unpaired) electrons. The smallest absolute Gasteiger partial charge is 0.0540 e. The van der Waals surface area contributed by atoms with Crippen molar-refractivity contribution in [2.24, 2.45) is 0 Å². The van der Waals surface area contributed by atoms with E-state index in [0.717, 1.165) is 17.1 Å². The minimum Gasteiger partial charge on any atom is -0.310 e. The van der Waals surface area contributed by atoms with Gasteiger partial charge in [0.2, 0.25) is 0 Å². The average molecular weight is 732 g/mol. The summed E-state index contributed by atoms with van der Waals surface area (Å²) in [4.78, 5) is 2.43. The van der Waals surface area contributed by atoms with Gasteiger partial charge >= 0.3 is 0 Å². The van der Waals surface area contributed by atoms with Gasteiger partial charge in [-0.1, -0.05) is 188 Å². The van der Waals surface area contributed by atoms with Crippen molar-refractivity contribution in [1.82, 2.24) is 0 Å². The van der Waals surface area contributed by atoms with Crippen molar-refractivity contribution < 1.29 is 0 Å². The average Bonchev–Trinajstić information content (AvgIpc) is 3.66. The molecule has 0 aliphatic heterocycles. The maximum Gasteiger partial charge on any atom is 0.0540 e. The Morgan fingerprint density at radius 2 is 0.696 bits per heavy atom. The van der Waals surface area contributed by atoms with Gasteiger partial charge in [-0.2, -0.15) is 0 Å². The molecule has 0 unspecified atom stereocenters. The Hall–Kier alpha value is -7.00. The second-order valence-corrected chi connectivity index (χ2v) is 15.2. The first-order chi connectivity index (χ1) is 27.8. The summed E-state index contributed by atoms with van der Waals surface area (Å²) in [7, 11) is 0. The van der Waals surface area contributed by atoms with E-state index in [0.29, 0.717) is 0 Å². The molecule has 0 amide bonds. The van der Waals surface area contributed by atoms with Crippen molar-refractivity contribution in [3.05, 3.63) is 224 Å². The summed E-state index contributed by atoms with van der Waals surface area (Å²) < 4.78 is 2.58. The molecule has 0 spiro atoms. The molecule has 1 nitrogen and oxygen atoms in total. The van der Waals surface area contributed by atoms with Gasteiger partial charge in [-0.05, 0) is 86.5 Å². The molecule has 0 fully saturated rings. The van der Waals surface area contributed by atoms with Crippen LogP contribution in [0.25, 0.3) is 75.8 Å². The van der Waals surface area contributed by atoms with Gasteiger partial charge in [0, 0.05) is 37.1 Å². The minimum absolute atomic E-state index is 1.10. The fourth-order valence-electron chi connectivity index (χ4n) is 8.01. The third-order valence-electron chi connectivity index (χ3n) is 10.7. The third-order valence-corrected chi connectivity index (χ3v) is 11.9. The number of para-hydroxylation sites is 1. The van der Waals surface area contributed by atoms with E-state index in [2.05, 4.69) is 229 Å². The summed E-state index contributed by atoms with van der Waals surface area (Å²) >= 11 is 1.86. The van der Waals surface area contributed by atoms with Crippen molar-refractivity contribution in [3.8, 4) is 55.6 Å². The zero-order valence-electron chi connectivity index (χ0n) is 30.7. The normalized spacial score (nSPS) is 11.2. The number of hydrogen-bond acceptors (Lipinski definition) is 2. The minimum atomic E-state index is 1.10. The van der Waals surface area contributed by atoms with Crippen LogP contribution in [0.1, 0.15) is 0 Å². The summed E-state index contributed by atoms with van der Waals surface area (Å²) in [6.07, 6.45) is 0. The fraction of sp³-hybridized carbons (Fsp3) is 0. The summed E-state index contributed by atoms with van der Waals surface area (Å²) in [5.74, 6) is 0. The van der Waals surface area contributed by atoms with Crippen molar-refractivity contribution in [3.63, 3.8) is 0 Å². The van der Waals surface area contributed by atoms with Crippen molar-refractivity contribution in [2.45, 2.75) is 0 Å². The topological polar surface area (TPSA) is 3.24 Å². The van der Waals surface area contributed by atoms with E-state index in [1.165, 1.54) is 75.8 Å². The van der Waals surface area contributed by atoms with Crippen LogP contribution in [-0.2, 0) is 0 Å². The van der Waals surface area contributed by atoms with Crippen LogP contribution < -0.4 is 4.90 Å². The Bertz CT molecular complexity index is 2940. The van der Waals surface area contributed by atoms with Crippen molar-refractivity contribution in [2.75, 3.05) is 4.90 Å². The van der Waals surface area contributed by atoms with Gasteiger partial charge in [0.05, 0.1) is 5.69 Å². The maximum atomic E-state index is 2.43. The van der Waals surface area contributed by atoms with Crippen LogP contribution in [0.5, 0.6) is 0 Å². The number of fused-ring (bicyclic) bond motifs is 3. The lowest BCUT2D eigenvalue weighted by Gasteiger charge is -2.29. The molecule has 9 aromatic carbocycles. The highest BCUT2D eigenvalue weighted by molar-refractivity contribution is 7.25. The van der Waals surface area contributed by atoms with Crippen molar-refractivity contribution >= 4 is 48.6 Å². The lowest BCUT2D eigenvalue weighted by molar-refractivity contribution is 1.29. The van der Waals surface area contributed by atoms with E-state index < -0.39 is 0 Å². The monoisotopic (exact) mass is 731 g/mol. The van der Waals surface area contributed by atoms with Gasteiger partial charge < -0.3 is 4.90 Å². The predicted octanol–water partition coefficient (Wildman–Crippen LogP) is 15.9. The molecular weight excluding hydrogens is 695 g/mol. The van der Waals surface area contributed by atoms with E-state index in [1.807, 2.05) is 11.3 Å². The van der Waals surface area contributed by atoms with E-state index in [4.69, 9.17) is 0 Å². The van der Waals surface area contributed by atoms with Gasteiger partial charge in [-0.25, -0.2) is 0 Å². The predicted molar refractivity (Wildman–Crippen MR) is 241 cm³/mol. The zero-order valence-corrected chi connectivity index (χ0v) is 31.5. The van der Waals surface area contributed by atoms with Gasteiger partial charge in [0.15, 0.2) is 0 Å². The largest absolute Gasteiger partial charge is 0.310 e. The Balaban J connectivity index is 1.12. The zero-order chi connectivity index (χ0) is 37.3. The molecule has 0 saturated carbocycles. The second-order valence-electron chi connectivity index (χ2n) is 14.1. The van der Waals surface area contributed by atoms with Gasteiger partial charge in [0.1, 0.15) is 0 Å². The highest BCUT2D eigenvalue weighted by Gasteiger charge is 2.21. The van der Waals surface area contributed by atoms with Crippen LogP contribution in [0, 0.1) is 0 Å². The first-order valence-corrected chi connectivity index (χ1v) is 19.9. The summed E-state index contributed by atoms with van der Waals surface area (Å²) in [5.41, 5.74) is 15.4. The first kappa shape index (κ1) is 33.6. The van der Waals surface area contributed by atoms with Crippen LogP contribution >= 0.6 is 11.3 Å². The summed E-state index contributed by atoms with van der Waals surface area (Å²) in [5, 5.41) is 2.60. The van der Waals surface area contributed by atoms with E-state index in [9.17, 15) is 0 Å². The molecule has 0 atom stereocenters. The van der Waals surface area contributed by atoms with Crippen molar-refractivity contribution in [1.29, 1.82) is 0 Å². The highest BCUT2D eigenvalue weighted by atomic mass is 32.1. The molecule has 10 rings (SSSR count). The molecule has 1 heterocycles. The Morgan fingerprint density at radius 1 is 0.268 bits per heavy atom. The van der Waals surface area contributed by atoms with E-state index in [-0.39, 0.29) is 0 Å². The van der Waals surface area contributed by atoms with Crippen LogP contribution in [0.2, 0.25) is 0 Å². The van der Waals surface area contributed by atoms with E-state index >= 15 is 0 Å². The molecule has 1 aromatic heterocycles. The van der Waals surface area contributed by atoms with Gasteiger partial charge in [-0.3, -0.25) is 0 Å². The third kappa shape index (κ3) is 6.26. The number of thiophene rings is 1. The number of benzene rings is 9. The molecule has 0 bridgehead atoms. The number of anilines is 3. The SMILES string of the molecule is c1ccc(-c2ccc(-c3ccc(N(c4ccc5c(c4)sc4ccccc45)c4ccccc4-c4ccccc4-c4ccccc4-c4ccccc4)cc3)cc2)cc1.